The molecule has 1 unspecified atom stereocenters. The van der Waals surface area contributed by atoms with E-state index in [1.807, 2.05) is 26.8 Å². The molecule has 0 bridgehead atoms. The number of nitrogens with one attached hydrogen (secondary N) is 1. The van der Waals surface area contributed by atoms with Crippen LogP contribution in [0.25, 0.3) is 0 Å². The third-order valence-electron chi connectivity index (χ3n) is 7.83. The predicted molar refractivity (Wildman–Crippen MR) is 173 cm³/mol. The molecule has 0 saturated carbocycles. The normalized spacial score (nSPS) is 13.2. The van der Waals surface area contributed by atoms with Crippen molar-refractivity contribution < 1.29 is 31.1 Å². The van der Waals surface area contributed by atoms with Crippen LogP contribution in [0.15, 0.2) is 89.6 Å². The van der Waals surface area contributed by atoms with Crippen molar-refractivity contribution in [1.29, 1.82) is 0 Å². The van der Waals surface area contributed by atoms with Gasteiger partial charge in [0.1, 0.15) is 17.5 Å². The summed E-state index contributed by atoms with van der Waals surface area (Å²) in [6.45, 7) is 7.46. The minimum Gasteiger partial charge on any atom is -0.392 e. The average molecular weight is 647 g/mol. The lowest BCUT2D eigenvalue weighted by molar-refractivity contribution is -0.137. The minimum atomic E-state index is -4.59. The highest BCUT2D eigenvalue weighted by Crippen LogP contribution is 2.34. The first-order chi connectivity index (χ1) is 21.6. The van der Waals surface area contributed by atoms with E-state index in [0.29, 0.717) is 24.5 Å². The second kappa shape index (κ2) is 17.7. The zero-order chi connectivity index (χ0) is 34.6. The fraction of sp³-hybridized carbons (Fsp3) is 0.378. The Balaban J connectivity index is 0.000000383. The molecule has 0 fully saturated rings. The molecule has 3 rings (SSSR count). The van der Waals surface area contributed by atoms with Crippen LogP contribution in [0.4, 0.5) is 26.3 Å². The van der Waals surface area contributed by atoms with Gasteiger partial charge in [0.05, 0.1) is 5.56 Å². The van der Waals surface area contributed by atoms with Crippen molar-refractivity contribution in [3.05, 3.63) is 129 Å². The van der Waals surface area contributed by atoms with E-state index < -0.39 is 23.6 Å². The summed E-state index contributed by atoms with van der Waals surface area (Å²) in [5.74, 6) is -1.29. The number of ketones is 1. The fourth-order valence-electron chi connectivity index (χ4n) is 5.12. The molecule has 0 aromatic heterocycles. The van der Waals surface area contributed by atoms with Gasteiger partial charge >= 0.3 is 6.18 Å². The first-order valence-electron chi connectivity index (χ1n) is 15.2. The molecule has 9 heteroatoms. The fourth-order valence-corrected chi connectivity index (χ4v) is 5.12. The van der Waals surface area contributed by atoms with Gasteiger partial charge in [-0.05, 0) is 112 Å². The molecule has 0 aliphatic carbocycles. The summed E-state index contributed by atoms with van der Waals surface area (Å²) in [6.07, 6.45) is -0.238. The summed E-state index contributed by atoms with van der Waals surface area (Å²) in [7, 11) is 5.30. The van der Waals surface area contributed by atoms with Crippen molar-refractivity contribution in [3.8, 4) is 0 Å². The molecule has 0 saturated heterocycles. The molecule has 0 radical (unpaired) electrons. The van der Waals surface area contributed by atoms with E-state index in [2.05, 4.69) is 5.32 Å². The summed E-state index contributed by atoms with van der Waals surface area (Å²) in [6, 6.07) is 14.9. The molecule has 1 atom stereocenters. The second-order valence-electron chi connectivity index (χ2n) is 11.5. The molecular weight excluding hydrogens is 602 g/mol. The van der Waals surface area contributed by atoms with Crippen LogP contribution in [-0.2, 0) is 11.0 Å². The first kappa shape index (κ1) is 38.3. The highest BCUT2D eigenvalue weighted by molar-refractivity contribution is 5.94. The lowest BCUT2D eigenvalue weighted by Gasteiger charge is -2.26. The van der Waals surface area contributed by atoms with E-state index in [1.54, 1.807) is 50.3 Å². The quantitative estimate of drug-likeness (QED) is 0.121. The van der Waals surface area contributed by atoms with Gasteiger partial charge in [-0.3, -0.25) is 4.79 Å². The van der Waals surface area contributed by atoms with Gasteiger partial charge in [-0.15, -0.1) is 0 Å². The van der Waals surface area contributed by atoms with Gasteiger partial charge < -0.3 is 10.2 Å². The molecular formula is C37H44F6N2O. The van der Waals surface area contributed by atoms with Crippen molar-refractivity contribution in [1.82, 2.24) is 10.2 Å². The number of benzene rings is 3. The van der Waals surface area contributed by atoms with Crippen molar-refractivity contribution >= 4 is 5.78 Å². The van der Waals surface area contributed by atoms with Crippen LogP contribution in [0.3, 0.4) is 0 Å². The number of Topliss-reactive ketones (excluding diaryl/α,β-unsaturated/α-hetero) is 1. The Bertz CT molecular complexity index is 1430. The van der Waals surface area contributed by atoms with E-state index in [9.17, 15) is 31.1 Å². The van der Waals surface area contributed by atoms with E-state index in [4.69, 9.17) is 0 Å². The SMILES string of the molecule is CC(c1ccc(F)cc1)c1ccc(F)cc1.CCCC(/C=C(\C)NC)=C(\CCC(c1ccc(C(F)(F)F)cc1F)N(C)C)C(C)=O. The van der Waals surface area contributed by atoms with Gasteiger partial charge in [-0.1, -0.05) is 50.6 Å². The number of halogens is 6. The molecule has 3 aromatic carbocycles. The smallest absolute Gasteiger partial charge is 0.392 e. The minimum absolute atomic E-state index is 0.0519. The summed E-state index contributed by atoms with van der Waals surface area (Å²) in [4.78, 5) is 14.1. The van der Waals surface area contributed by atoms with Gasteiger partial charge in [0.25, 0.3) is 0 Å². The van der Waals surface area contributed by atoms with Gasteiger partial charge in [-0.25, -0.2) is 13.2 Å². The molecule has 46 heavy (non-hydrogen) atoms. The van der Waals surface area contributed by atoms with Crippen LogP contribution in [0.2, 0.25) is 0 Å². The molecule has 3 nitrogen and oxygen atoms in total. The van der Waals surface area contributed by atoms with E-state index >= 15 is 0 Å². The van der Waals surface area contributed by atoms with Gasteiger partial charge in [0, 0.05) is 30.3 Å². The number of allylic oxidation sites excluding steroid dienone is 4. The van der Waals surface area contributed by atoms with Crippen LogP contribution in [-0.4, -0.2) is 31.8 Å². The molecule has 0 spiro atoms. The zero-order valence-electron chi connectivity index (χ0n) is 27.5. The van der Waals surface area contributed by atoms with Gasteiger partial charge in [-0.2, -0.15) is 13.2 Å². The van der Waals surface area contributed by atoms with Crippen molar-refractivity contribution in [2.45, 2.75) is 71.5 Å². The van der Waals surface area contributed by atoms with Crippen LogP contribution in [0, 0.1) is 17.5 Å². The molecule has 0 amide bonds. The number of carbonyl (C=O) groups excluding carboxylic acids is 1. The lowest BCUT2D eigenvalue weighted by Crippen LogP contribution is -2.22. The monoisotopic (exact) mass is 646 g/mol. The highest BCUT2D eigenvalue weighted by atomic mass is 19.4. The lowest BCUT2D eigenvalue weighted by atomic mass is 9.91. The number of nitrogens with zero attached hydrogens (tertiary/aromatic N) is 1. The van der Waals surface area contributed by atoms with Crippen molar-refractivity contribution in [2.24, 2.45) is 0 Å². The number of carbonyl (C=O) groups is 1. The van der Waals surface area contributed by atoms with E-state index in [0.717, 1.165) is 41.3 Å². The number of hydrogen-bond acceptors (Lipinski definition) is 3. The average Bonchev–Trinajstić information content (AvgIpc) is 2.99. The van der Waals surface area contributed by atoms with Crippen LogP contribution < -0.4 is 5.32 Å². The maximum atomic E-state index is 14.5. The maximum absolute atomic E-state index is 14.5. The van der Waals surface area contributed by atoms with Gasteiger partial charge in [0.2, 0.25) is 0 Å². The van der Waals surface area contributed by atoms with Crippen molar-refractivity contribution in [3.63, 3.8) is 0 Å². The molecule has 1 N–H and O–H groups in total. The number of hydrogen-bond donors (Lipinski definition) is 1. The largest absolute Gasteiger partial charge is 0.416 e. The molecule has 3 aromatic rings. The number of rotatable bonds is 12. The van der Waals surface area contributed by atoms with Crippen LogP contribution >= 0.6 is 0 Å². The highest BCUT2D eigenvalue weighted by Gasteiger charge is 2.32. The van der Waals surface area contributed by atoms with Crippen molar-refractivity contribution in [2.75, 3.05) is 21.1 Å². The van der Waals surface area contributed by atoms with E-state index in [-0.39, 0.29) is 28.9 Å². The first-order valence-corrected chi connectivity index (χ1v) is 15.2. The predicted octanol–water partition coefficient (Wildman–Crippen LogP) is 10.2. The molecule has 0 heterocycles. The van der Waals surface area contributed by atoms with Crippen LogP contribution in [0.5, 0.6) is 0 Å². The Morgan fingerprint density at radius 1 is 0.870 bits per heavy atom. The summed E-state index contributed by atoms with van der Waals surface area (Å²) >= 11 is 0. The Morgan fingerprint density at radius 3 is 1.78 bits per heavy atom. The number of alkyl halides is 3. The third kappa shape index (κ3) is 11.5. The molecule has 0 aliphatic rings. The second-order valence-corrected chi connectivity index (χ2v) is 11.5. The topological polar surface area (TPSA) is 32.3 Å². The third-order valence-corrected chi connectivity index (χ3v) is 7.83. The standard InChI is InChI=1S/C23H32F4N2O.C14H12F2/c1-7-8-17(13-15(2)28-4)19(16(3)30)11-12-22(29(5)6)20-10-9-18(14-21(20)24)23(25,26)27;1-10(11-2-6-13(15)7-3-11)12-4-8-14(16)9-5-12/h9-10,13-14,22,28H,7-8,11-12H2,1-6H3;2-10H,1H3/b15-13+,19-17-;. The molecule has 250 valence electrons. The Morgan fingerprint density at radius 2 is 1.39 bits per heavy atom. The summed E-state index contributed by atoms with van der Waals surface area (Å²) < 4.78 is 78.7. The summed E-state index contributed by atoms with van der Waals surface area (Å²) in [5.41, 5.74) is 3.75. The Labute approximate surface area is 269 Å². The van der Waals surface area contributed by atoms with Gasteiger partial charge in [0.15, 0.2) is 5.78 Å². The summed E-state index contributed by atoms with van der Waals surface area (Å²) in [5, 5.41) is 3.05. The maximum Gasteiger partial charge on any atom is 0.416 e. The van der Waals surface area contributed by atoms with Crippen LogP contribution in [0.1, 0.15) is 87.6 Å². The Hall–Kier alpha value is -3.85. The Kier molecular flexibility index (Phi) is 14.8. The molecule has 0 aliphatic heterocycles. The van der Waals surface area contributed by atoms with E-state index in [1.165, 1.54) is 37.3 Å². The zero-order valence-corrected chi connectivity index (χ0v) is 27.5.